The highest BCUT2D eigenvalue weighted by Gasteiger charge is 2.24. The van der Waals surface area contributed by atoms with E-state index in [1.165, 1.54) is 0 Å². The van der Waals surface area contributed by atoms with Crippen molar-refractivity contribution in [2.75, 3.05) is 7.11 Å². The second-order valence-corrected chi connectivity index (χ2v) is 7.20. The molecule has 7 heteroatoms. The van der Waals surface area contributed by atoms with E-state index in [0.717, 1.165) is 48.4 Å². The normalized spacial score (nSPS) is 19.0. The first kappa shape index (κ1) is 19.9. The summed E-state index contributed by atoms with van der Waals surface area (Å²) in [4.78, 5) is 20.8. The Balaban J connectivity index is 1.39. The molecule has 0 atom stereocenters. The van der Waals surface area contributed by atoms with Crippen molar-refractivity contribution in [3.8, 4) is 11.8 Å². The van der Waals surface area contributed by atoms with Crippen molar-refractivity contribution in [3.05, 3.63) is 47.3 Å². The molecule has 1 aliphatic carbocycles. The van der Waals surface area contributed by atoms with E-state index in [9.17, 15) is 4.79 Å². The Morgan fingerprint density at radius 2 is 1.71 bits per heavy atom. The highest BCUT2D eigenvalue weighted by molar-refractivity contribution is 5.74. The lowest BCUT2D eigenvalue weighted by Gasteiger charge is -2.29. The van der Waals surface area contributed by atoms with Crippen molar-refractivity contribution in [2.45, 2.75) is 58.2 Å². The molecule has 1 heterocycles. The fraction of sp³-hybridized carbons (Fsp3) is 0.476. The first-order valence-electron chi connectivity index (χ1n) is 9.68. The van der Waals surface area contributed by atoms with Gasteiger partial charge in [0.15, 0.2) is 0 Å². The average molecular weight is 384 g/mol. The predicted molar refractivity (Wildman–Crippen MR) is 107 cm³/mol. The van der Waals surface area contributed by atoms with E-state index in [-0.39, 0.29) is 18.2 Å². The zero-order valence-corrected chi connectivity index (χ0v) is 16.7. The van der Waals surface area contributed by atoms with Gasteiger partial charge in [-0.25, -0.2) is 14.8 Å². The van der Waals surface area contributed by atoms with Crippen LogP contribution in [0.25, 0.3) is 0 Å². The van der Waals surface area contributed by atoms with Crippen molar-refractivity contribution in [1.82, 2.24) is 20.6 Å². The summed E-state index contributed by atoms with van der Waals surface area (Å²) in [6.45, 7) is 4.36. The van der Waals surface area contributed by atoms with Gasteiger partial charge in [-0.3, -0.25) is 0 Å². The molecule has 0 bridgehead atoms. The van der Waals surface area contributed by atoms with Crippen LogP contribution in [-0.4, -0.2) is 35.3 Å². The zero-order chi connectivity index (χ0) is 19.9. The minimum atomic E-state index is -0.141. The lowest BCUT2D eigenvalue weighted by atomic mass is 9.93. The van der Waals surface area contributed by atoms with Crippen molar-refractivity contribution < 1.29 is 14.3 Å². The smallest absolute Gasteiger partial charge is 0.317 e. The standard InChI is InChI=1S/C21H28N4O3/c1-14-12-15(2)24-21(23-14)28-19-10-6-17(7-11-19)25-20(26)22-13-16-4-8-18(27-3)9-5-16/h4-5,8-9,12,17,19H,6-7,10-11,13H2,1-3H3,(H2,22,25,26). The number of ether oxygens (including phenoxy) is 2. The van der Waals surface area contributed by atoms with Gasteiger partial charge in [0, 0.05) is 24.0 Å². The van der Waals surface area contributed by atoms with Crippen LogP contribution in [0.5, 0.6) is 11.8 Å². The third-order valence-corrected chi connectivity index (χ3v) is 4.86. The number of hydrogen-bond donors (Lipinski definition) is 2. The van der Waals surface area contributed by atoms with Gasteiger partial charge in [-0.2, -0.15) is 0 Å². The number of carbonyl (C=O) groups is 1. The van der Waals surface area contributed by atoms with Crippen molar-refractivity contribution >= 4 is 6.03 Å². The van der Waals surface area contributed by atoms with Crippen LogP contribution < -0.4 is 20.1 Å². The highest BCUT2D eigenvalue weighted by atomic mass is 16.5. The van der Waals surface area contributed by atoms with Crippen LogP contribution >= 0.6 is 0 Å². The molecule has 7 nitrogen and oxygen atoms in total. The van der Waals surface area contributed by atoms with Gasteiger partial charge in [-0.15, -0.1) is 0 Å². The van der Waals surface area contributed by atoms with Gasteiger partial charge in [-0.1, -0.05) is 12.1 Å². The van der Waals surface area contributed by atoms with Gasteiger partial charge in [0.25, 0.3) is 0 Å². The Hall–Kier alpha value is -2.83. The van der Waals surface area contributed by atoms with Gasteiger partial charge in [-0.05, 0) is 63.3 Å². The second-order valence-electron chi connectivity index (χ2n) is 7.20. The van der Waals surface area contributed by atoms with Crippen molar-refractivity contribution in [2.24, 2.45) is 0 Å². The van der Waals surface area contributed by atoms with Crippen LogP contribution in [0, 0.1) is 13.8 Å². The molecule has 1 aliphatic rings. The summed E-state index contributed by atoms with van der Waals surface area (Å²) in [7, 11) is 1.63. The summed E-state index contributed by atoms with van der Waals surface area (Å²) in [5, 5.41) is 5.96. The van der Waals surface area contributed by atoms with Crippen molar-refractivity contribution in [3.63, 3.8) is 0 Å². The third kappa shape index (κ3) is 5.84. The molecule has 0 radical (unpaired) electrons. The third-order valence-electron chi connectivity index (χ3n) is 4.86. The van der Waals surface area contributed by atoms with Crippen LogP contribution in [0.2, 0.25) is 0 Å². The molecule has 0 saturated heterocycles. The number of aryl methyl sites for hydroxylation is 2. The summed E-state index contributed by atoms with van der Waals surface area (Å²) >= 11 is 0. The number of urea groups is 1. The largest absolute Gasteiger partial charge is 0.497 e. The monoisotopic (exact) mass is 384 g/mol. The Bertz CT molecular complexity index is 766. The van der Waals surface area contributed by atoms with E-state index in [4.69, 9.17) is 9.47 Å². The van der Waals surface area contributed by atoms with Crippen LogP contribution in [0.4, 0.5) is 4.79 Å². The summed E-state index contributed by atoms with van der Waals surface area (Å²) in [6.07, 6.45) is 3.61. The molecule has 1 saturated carbocycles. The summed E-state index contributed by atoms with van der Waals surface area (Å²) < 4.78 is 11.1. The van der Waals surface area contributed by atoms with Crippen LogP contribution in [0.3, 0.4) is 0 Å². The second kappa shape index (κ2) is 9.39. The first-order valence-corrected chi connectivity index (χ1v) is 9.68. The SMILES string of the molecule is COc1ccc(CNC(=O)NC2CCC(Oc3nc(C)cc(C)n3)CC2)cc1. The summed E-state index contributed by atoms with van der Waals surface area (Å²) in [5.74, 6) is 0.804. The molecule has 28 heavy (non-hydrogen) atoms. The fourth-order valence-corrected chi connectivity index (χ4v) is 3.38. The zero-order valence-electron chi connectivity index (χ0n) is 16.7. The molecule has 150 valence electrons. The maximum Gasteiger partial charge on any atom is 0.317 e. The van der Waals surface area contributed by atoms with E-state index in [2.05, 4.69) is 20.6 Å². The highest BCUT2D eigenvalue weighted by Crippen LogP contribution is 2.22. The van der Waals surface area contributed by atoms with Crippen molar-refractivity contribution in [1.29, 1.82) is 0 Å². The molecular formula is C21H28N4O3. The number of rotatable bonds is 6. The van der Waals surface area contributed by atoms with Gasteiger partial charge < -0.3 is 20.1 Å². The number of benzene rings is 1. The average Bonchev–Trinajstić information content (AvgIpc) is 2.67. The predicted octanol–water partition coefficient (Wildman–Crippen LogP) is 3.29. The van der Waals surface area contributed by atoms with E-state index in [1.54, 1.807) is 7.11 Å². The molecule has 3 rings (SSSR count). The number of methoxy groups -OCH3 is 1. The molecule has 2 N–H and O–H groups in total. The molecule has 0 unspecified atom stereocenters. The Labute approximate surface area is 165 Å². The van der Waals surface area contributed by atoms with Gasteiger partial charge >= 0.3 is 12.0 Å². The lowest BCUT2D eigenvalue weighted by molar-refractivity contribution is 0.128. The molecular weight excluding hydrogens is 356 g/mol. The van der Waals surface area contributed by atoms with Gasteiger partial charge in [0.05, 0.1) is 7.11 Å². The molecule has 1 fully saturated rings. The summed E-state index contributed by atoms with van der Waals surface area (Å²) in [6, 6.07) is 10.1. The van der Waals surface area contributed by atoms with Crippen LogP contribution in [0.15, 0.2) is 30.3 Å². The molecule has 2 amide bonds. The Kier molecular flexibility index (Phi) is 6.68. The summed E-state index contributed by atoms with van der Waals surface area (Å²) in [5.41, 5.74) is 2.85. The Morgan fingerprint density at radius 1 is 1.07 bits per heavy atom. The minimum Gasteiger partial charge on any atom is -0.497 e. The number of nitrogens with one attached hydrogen (secondary N) is 2. The van der Waals surface area contributed by atoms with E-state index in [0.29, 0.717) is 12.6 Å². The maximum absolute atomic E-state index is 12.2. The van der Waals surface area contributed by atoms with E-state index >= 15 is 0 Å². The van der Waals surface area contributed by atoms with E-state index < -0.39 is 0 Å². The quantitative estimate of drug-likeness (QED) is 0.798. The number of amides is 2. The minimum absolute atomic E-state index is 0.0987. The van der Waals surface area contributed by atoms with Crippen LogP contribution in [-0.2, 0) is 6.54 Å². The molecule has 0 spiro atoms. The lowest BCUT2D eigenvalue weighted by Crippen LogP contribution is -2.44. The molecule has 0 aliphatic heterocycles. The number of hydrogen-bond acceptors (Lipinski definition) is 5. The Morgan fingerprint density at radius 3 is 2.32 bits per heavy atom. The van der Waals surface area contributed by atoms with Gasteiger partial charge in [0.2, 0.25) is 0 Å². The number of nitrogens with zero attached hydrogens (tertiary/aromatic N) is 2. The molecule has 1 aromatic heterocycles. The fourth-order valence-electron chi connectivity index (χ4n) is 3.38. The van der Waals surface area contributed by atoms with Gasteiger partial charge in [0.1, 0.15) is 11.9 Å². The molecule has 1 aromatic carbocycles. The molecule has 2 aromatic rings. The van der Waals surface area contributed by atoms with Crippen LogP contribution in [0.1, 0.15) is 42.6 Å². The topological polar surface area (TPSA) is 85.4 Å². The van der Waals surface area contributed by atoms with E-state index in [1.807, 2.05) is 44.2 Å². The first-order chi connectivity index (χ1) is 13.5. The number of carbonyl (C=O) groups excluding carboxylic acids is 1. The number of aromatic nitrogens is 2. The maximum atomic E-state index is 12.2.